The summed E-state index contributed by atoms with van der Waals surface area (Å²) in [4.78, 5) is 35.6. The number of ketones is 1. The van der Waals surface area contributed by atoms with Gasteiger partial charge in [0, 0.05) is 28.0 Å². The zero-order valence-corrected chi connectivity index (χ0v) is 20.6. The molecule has 4 aromatic rings. The van der Waals surface area contributed by atoms with E-state index in [0.717, 1.165) is 45.5 Å². The molecule has 0 unspecified atom stereocenters. The third-order valence-electron chi connectivity index (χ3n) is 5.55. The van der Waals surface area contributed by atoms with Crippen LogP contribution in [0.5, 0.6) is 0 Å². The summed E-state index contributed by atoms with van der Waals surface area (Å²) in [5.74, 6) is 0.212. The molecule has 8 heteroatoms. The number of para-hydroxylation sites is 1. The summed E-state index contributed by atoms with van der Waals surface area (Å²) in [5, 5.41) is 1.27. The number of fused-ring (bicyclic) bond motifs is 3. The molecule has 5 rings (SSSR count). The lowest BCUT2D eigenvalue weighted by Gasteiger charge is -2.21. The van der Waals surface area contributed by atoms with E-state index in [2.05, 4.69) is 27.9 Å². The minimum absolute atomic E-state index is 0.00329. The Balaban J connectivity index is 1.58. The second kappa shape index (κ2) is 8.94. The number of thiophene rings is 1. The number of rotatable bonds is 5. The molecule has 0 atom stereocenters. The van der Waals surface area contributed by atoms with Crippen LogP contribution in [0.3, 0.4) is 0 Å². The summed E-state index contributed by atoms with van der Waals surface area (Å²) in [6.07, 6.45) is 0.853. The van der Waals surface area contributed by atoms with Gasteiger partial charge in [-0.2, -0.15) is 0 Å². The van der Waals surface area contributed by atoms with Crippen LogP contribution in [-0.4, -0.2) is 39.6 Å². The van der Waals surface area contributed by atoms with Gasteiger partial charge in [-0.15, -0.1) is 11.3 Å². The first-order valence-corrected chi connectivity index (χ1v) is 12.8. The minimum Gasteiger partial charge on any atom is -0.301 e. The second-order valence-electron chi connectivity index (χ2n) is 7.76. The molecular formula is C24H20BrN3O2S2. The number of benzene rings is 2. The van der Waals surface area contributed by atoms with Crippen LogP contribution in [0.2, 0.25) is 0 Å². The average Bonchev–Trinajstić information content (AvgIpc) is 3.16. The molecule has 2 aromatic carbocycles. The highest BCUT2D eigenvalue weighted by Gasteiger charge is 2.24. The molecular weight excluding hydrogens is 506 g/mol. The maximum Gasteiger partial charge on any atom is 0.267 e. The second-order valence-corrected chi connectivity index (χ2v) is 10.7. The highest BCUT2D eigenvalue weighted by Crippen LogP contribution is 2.34. The Kier molecular flexibility index (Phi) is 6.03. The molecule has 1 aliphatic heterocycles. The third kappa shape index (κ3) is 4.08. The monoisotopic (exact) mass is 525 g/mol. The van der Waals surface area contributed by atoms with E-state index in [-0.39, 0.29) is 17.1 Å². The number of aromatic nitrogens is 2. The Bertz CT molecular complexity index is 1360. The van der Waals surface area contributed by atoms with Gasteiger partial charge in [-0.3, -0.25) is 14.2 Å². The van der Waals surface area contributed by atoms with Crippen LogP contribution in [0.4, 0.5) is 0 Å². The molecule has 32 heavy (non-hydrogen) atoms. The minimum atomic E-state index is -0.0538. The van der Waals surface area contributed by atoms with Crippen LogP contribution >= 0.6 is 39.0 Å². The van der Waals surface area contributed by atoms with Gasteiger partial charge in [-0.05, 0) is 43.3 Å². The van der Waals surface area contributed by atoms with Gasteiger partial charge in [-0.1, -0.05) is 58.0 Å². The SMILES string of the molecule is CN1CCc2c(sc3nc(SCC(=O)c4ccc(Br)cc4)n(-c4ccccc4)c(=O)c23)C1. The number of hydrogen-bond acceptors (Lipinski definition) is 6. The lowest BCUT2D eigenvalue weighted by Crippen LogP contribution is -2.27. The molecule has 0 saturated heterocycles. The third-order valence-corrected chi connectivity index (χ3v) is 8.13. The first-order chi connectivity index (χ1) is 15.5. The Morgan fingerprint density at radius 1 is 1.16 bits per heavy atom. The largest absolute Gasteiger partial charge is 0.301 e. The van der Waals surface area contributed by atoms with E-state index in [4.69, 9.17) is 4.98 Å². The zero-order chi connectivity index (χ0) is 22.2. The quantitative estimate of drug-likeness (QED) is 0.204. The number of likely N-dealkylation sites (N-methyl/N-ethyl adjacent to an activating group) is 1. The Morgan fingerprint density at radius 3 is 2.66 bits per heavy atom. The number of carbonyl (C=O) groups excluding carboxylic acids is 1. The Labute approximate surface area is 202 Å². The molecule has 0 spiro atoms. The van der Waals surface area contributed by atoms with E-state index in [1.54, 1.807) is 28.0 Å². The molecule has 0 aliphatic carbocycles. The lowest BCUT2D eigenvalue weighted by molar-refractivity contribution is 0.102. The summed E-state index contributed by atoms with van der Waals surface area (Å²) in [6.45, 7) is 1.77. The Morgan fingerprint density at radius 2 is 1.91 bits per heavy atom. The van der Waals surface area contributed by atoms with E-state index < -0.39 is 0 Å². The summed E-state index contributed by atoms with van der Waals surface area (Å²) in [7, 11) is 2.10. The van der Waals surface area contributed by atoms with Crippen LogP contribution in [0.15, 0.2) is 69.0 Å². The van der Waals surface area contributed by atoms with Crippen LogP contribution in [0.1, 0.15) is 20.8 Å². The van der Waals surface area contributed by atoms with Gasteiger partial charge in [0.15, 0.2) is 10.9 Å². The van der Waals surface area contributed by atoms with Crippen LogP contribution in [-0.2, 0) is 13.0 Å². The molecule has 0 saturated carbocycles. The Hall–Kier alpha value is -2.26. The molecule has 0 amide bonds. The summed E-state index contributed by atoms with van der Waals surface area (Å²) >= 11 is 6.31. The number of halogens is 1. The highest BCUT2D eigenvalue weighted by atomic mass is 79.9. The fourth-order valence-corrected chi connectivity index (χ4v) is 6.42. The van der Waals surface area contributed by atoms with Crippen molar-refractivity contribution in [2.45, 2.75) is 18.1 Å². The highest BCUT2D eigenvalue weighted by molar-refractivity contribution is 9.10. The van der Waals surface area contributed by atoms with Crippen molar-refractivity contribution in [3.05, 3.63) is 85.4 Å². The van der Waals surface area contributed by atoms with Crippen molar-refractivity contribution in [1.82, 2.24) is 14.5 Å². The van der Waals surface area contributed by atoms with E-state index in [1.165, 1.54) is 16.6 Å². The lowest BCUT2D eigenvalue weighted by atomic mass is 10.1. The molecule has 5 nitrogen and oxygen atoms in total. The number of hydrogen-bond donors (Lipinski definition) is 0. The van der Waals surface area contributed by atoms with Gasteiger partial charge >= 0.3 is 0 Å². The predicted molar refractivity (Wildman–Crippen MR) is 134 cm³/mol. The van der Waals surface area contributed by atoms with Gasteiger partial charge in [-0.25, -0.2) is 4.98 Å². The van der Waals surface area contributed by atoms with Crippen molar-refractivity contribution >= 4 is 55.0 Å². The maximum absolute atomic E-state index is 13.7. The molecule has 0 bridgehead atoms. The molecule has 1 aliphatic rings. The van der Waals surface area contributed by atoms with Gasteiger partial charge in [0.1, 0.15) is 4.83 Å². The number of thioether (sulfide) groups is 1. The van der Waals surface area contributed by atoms with E-state index in [1.807, 2.05) is 42.5 Å². The van der Waals surface area contributed by atoms with Gasteiger partial charge in [0.25, 0.3) is 5.56 Å². The average molecular weight is 526 g/mol. The van der Waals surface area contributed by atoms with Crippen LogP contribution in [0.25, 0.3) is 15.9 Å². The van der Waals surface area contributed by atoms with E-state index >= 15 is 0 Å². The molecule has 0 radical (unpaired) electrons. The van der Waals surface area contributed by atoms with Crippen LogP contribution in [0, 0.1) is 0 Å². The fraction of sp³-hybridized carbons (Fsp3) is 0.208. The maximum atomic E-state index is 13.7. The van der Waals surface area contributed by atoms with Crippen molar-refractivity contribution < 1.29 is 4.79 Å². The molecule has 0 fully saturated rings. The number of nitrogens with zero attached hydrogens (tertiary/aromatic N) is 3. The van der Waals surface area contributed by atoms with Crippen LogP contribution < -0.4 is 5.56 Å². The van der Waals surface area contributed by atoms with Gasteiger partial charge in [0.2, 0.25) is 0 Å². The van der Waals surface area contributed by atoms with Crippen molar-refractivity contribution in [3.63, 3.8) is 0 Å². The zero-order valence-electron chi connectivity index (χ0n) is 17.4. The smallest absolute Gasteiger partial charge is 0.267 e. The summed E-state index contributed by atoms with van der Waals surface area (Å²) in [6, 6.07) is 16.9. The molecule has 162 valence electrons. The van der Waals surface area contributed by atoms with Crippen molar-refractivity contribution in [3.8, 4) is 5.69 Å². The predicted octanol–water partition coefficient (Wildman–Crippen LogP) is 5.17. The van der Waals surface area contributed by atoms with Crippen molar-refractivity contribution in [1.29, 1.82) is 0 Å². The summed E-state index contributed by atoms with van der Waals surface area (Å²) < 4.78 is 2.59. The van der Waals surface area contributed by atoms with Crippen molar-refractivity contribution in [2.24, 2.45) is 0 Å². The number of Topliss-reactive ketones (excluding diaryl/α,β-unsaturated/α-hetero) is 1. The topological polar surface area (TPSA) is 55.2 Å². The van der Waals surface area contributed by atoms with E-state index in [9.17, 15) is 9.59 Å². The van der Waals surface area contributed by atoms with Gasteiger partial charge < -0.3 is 4.90 Å². The standard InChI is InChI=1S/C24H20BrN3O2S2/c1-27-12-11-18-20(13-27)32-22-21(18)23(30)28(17-5-3-2-4-6-17)24(26-22)31-14-19(29)15-7-9-16(25)10-8-15/h2-10H,11-14H2,1H3. The molecule has 0 N–H and O–H groups in total. The first kappa shape index (κ1) is 21.6. The van der Waals surface area contributed by atoms with E-state index in [0.29, 0.717) is 10.7 Å². The molecule has 2 aromatic heterocycles. The first-order valence-electron chi connectivity index (χ1n) is 10.2. The number of carbonyl (C=O) groups is 1. The van der Waals surface area contributed by atoms with Gasteiger partial charge in [0.05, 0.1) is 16.8 Å². The normalized spacial score (nSPS) is 13.9. The fourth-order valence-electron chi connectivity index (χ4n) is 3.90. The summed E-state index contributed by atoms with van der Waals surface area (Å²) in [5.41, 5.74) is 2.48. The molecule has 3 heterocycles. The van der Waals surface area contributed by atoms with Crippen molar-refractivity contribution in [2.75, 3.05) is 19.3 Å².